The van der Waals surface area contributed by atoms with Crippen molar-refractivity contribution in [2.24, 2.45) is 0 Å². The molecule has 0 radical (unpaired) electrons. The van der Waals surface area contributed by atoms with E-state index in [2.05, 4.69) is 31.2 Å². The fraction of sp³-hybridized carbons (Fsp3) is 0.0588. The second-order valence-electron chi connectivity index (χ2n) is 4.99. The molecule has 3 rings (SSSR count). The number of benzene rings is 2. The minimum atomic E-state index is -0.593. The van der Waals surface area contributed by atoms with Crippen molar-refractivity contribution in [3.63, 3.8) is 0 Å². The molecule has 0 spiro atoms. The average Bonchev–Trinajstić information content (AvgIpc) is 2.64. The minimum absolute atomic E-state index is 0.0156. The molecule has 0 amide bonds. The molecule has 0 saturated carbocycles. The first-order chi connectivity index (χ1) is 12.6. The molecule has 3 aromatic rings. The van der Waals surface area contributed by atoms with Crippen LogP contribution in [0.3, 0.4) is 0 Å². The van der Waals surface area contributed by atoms with Crippen LogP contribution in [0.2, 0.25) is 0 Å². The Morgan fingerprint density at radius 2 is 1.77 bits per heavy atom. The molecule has 0 aliphatic carbocycles. The molecule has 0 bridgehead atoms. The fourth-order valence-corrected chi connectivity index (χ4v) is 2.57. The molecule has 0 atom stereocenters. The number of nitro groups is 1. The van der Waals surface area contributed by atoms with Gasteiger partial charge < -0.3 is 14.8 Å². The topological polar surface area (TPSA) is 99.4 Å². The van der Waals surface area contributed by atoms with E-state index >= 15 is 0 Å². The second-order valence-corrected chi connectivity index (χ2v) is 5.85. The fourth-order valence-electron chi connectivity index (χ4n) is 2.19. The van der Waals surface area contributed by atoms with Crippen LogP contribution in [0.1, 0.15) is 0 Å². The molecular formula is C17H13BrN4O4. The van der Waals surface area contributed by atoms with Crippen LogP contribution in [0.4, 0.5) is 17.2 Å². The van der Waals surface area contributed by atoms with E-state index in [0.29, 0.717) is 17.2 Å². The maximum Gasteiger partial charge on any atom is 0.373 e. The van der Waals surface area contributed by atoms with Gasteiger partial charge in [-0.1, -0.05) is 24.3 Å². The molecule has 26 heavy (non-hydrogen) atoms. The van der Waals surface area contributed by atoms with E-state index < -0.39 is 4.92 Å². The summed E-state index contributed by atoms with van der Waals surface area (Å²) in [5, 5.41) is 14.6. The van der Waals surface area contributed by atoms with Crippen LogP contribution in [0.15, 0.2) is 59.3 Å². The molecule has 0 unspecified atom stereocenters. The monoisotopic (exact) mass is 416 g/mol. The summed E-state index contributed by atoms with van der Waals surface area (Å²) in [6, 6.07) is 14.0. The lowest BCUT2D eigenvalue weighted by atomic mass is 10.3. The second kappa shape index (κ2) is 7.79. The predicted octanol–water partition coefficient (Wildman–Crippen LogP) is 4.69. The van der Waals surface area contributed by atoms with Crippen molar-refractivity contribution in [2.75, 3.05) is 12.4 Å². The van der Waals surface area contributed by atoms with Gasteiger partial charge in [-0.15, -0.1) is 0 Å². The summed E-state index contributed by atoms with van der Waals surface area (Å²) in [5.41, 5.74) is 0.242. The van der Waals surface area contributed by atoms with Gasteiger partial charge in [0.25, 0.3) is 0 Å². The third-order valence-electron chi connectivity index (χ3n) is 3.37. The average molecular weight is 417 g/mol. The molecule has 0 aliphatic heterocycles. The minimum Gasteiger partial charge on any atom is -0.493 e. The van der Waals surface area contributed by atoms with Gasteiger partial charge in [0.1, 0.15) is 6.33 Å². The maximum absolute atomic E-state index is 11.6. The van der Waals surface area contributed by atoms with E-state index in [0.717, 1.165) is 4.47 Å². The van der Waals surface area contributed by atoms with E-state index in [1.807, 2.05) is 12.1 Å². The highest BCUT2D eigenvalue weighted by atomic mass is 79.9. The van der Waals surface area contributed by atoms with Crippen LogP contribution in [0, 0.1) is 10.1 Å². The van der Waals surface area contributed by atoms with Crippen molar-refractivity contribution in [1.29, 1.82) is 0 Å². The zero-order chi connectivity index (χ0) is 18.5. The van der Waals surface area contributed by atoms with Crippen molar-refractivity contribution in [2.45, 2.75) is 0 Å². The smallest absolute Gasteiger partial charge is 0.373 e. The van der Waals surface area contributed by atoms with Crippen LogP contribution in [0.25, 0.3) is 0 Å². The molecule has 8 nitrogen and oxygen atoms in total. The van der Waals surface area contributed by atoms with Gasteiger partial charge in [-0.05, 0) is 40.2 Å². The molecule has 0 aliphatic rings. The third-order valence-corrected chi connectivity index (χ3v) is 4.07. The summed E-state index contributed by atoms with van der Waals surface area (Å²) >= 11 is 3.38. The lowest BCUT2D eigenvalue weighted by Gasteiger charge is -2.11. The zero-order valence-corrected chi connectivity index (χ0v) is 15.1. The summed E-state index contributed by atoms with van der Waals surface area (Å²) in [4.78, 5) is 18.9. The zero-order valence-electron chi connectivity index (χ0n) is 13.5. The maximum atomic E-state index is 11.6. The van der Waals surface area contributed by atoms with Crippen molar-refractivity contribution >= 4 is 33.1 Å². The van der Waals surface area contributed by atoms with Crippen molar-refractivity contribution in [3.8, 4) is 17.4 Å². The van der Waals surface area contributed by atoms with E-state index in [4.69, 9.17) is 9.47 Å². The summed E-state index contributed by atoms with van der Waals surface area (Å²) in [7, 11) is 1.48. The largest absolute Gasteiger partial charge is 0.493 e. The lowest BCUT2D eigenvalue weighted by Crippen LogP contribution is -2.04. The highest BCUT2D eigenvalue weighted by molar-refractivity contribution is 9.10. The van der Waals surface area contributed by atoms with Crippen molar-refractivity contribution in [1.82, 2.24) is 9.97 Å². The number of anilines is 2. The molecule has 2 aromatic carbocycles. The van der Waals surface area contributed by atoms with Gasteiger partial charge in [-0.25, -0.2) is 4.98 Å². The summed E-state index contributed by atoms with van der Waals surface area (Å²) in [6.45, 7) is 0. The molecule has 0 fully saturated rings. The quantitative estimate of drug-likeness (QED) is 0.459. The van der Waals surface area contributed by atoms with E-state index in [1.54, 1.807) is 36.4 Å². The molecule has 1 N–H and O–H groups in total. The van der Waals surface area contributed by atoms with Gasteiger partial charge in [-0.3, -0.25) is 10.1 Å². The number of hydrogen-bond donors (Lipinski definition) is 1. The molecular weight excluding hydrogens is 404 g/mol. The van der Waals surface area contributed by atoms with Crippen LogP contribution in [-0.2, 0) is 0 Å². The number of rotatable bonds is 6. The van der Waals surface area contributed by atoms with Gasteiger partial charge in [0.05, 0.1) is 17.7 Å². The highest BCUT2D eigenvalue weighted by Crippen LogP contribution is 2.38. The number of para-hydroxylation sites is 3. The standard InChI is InChI=1S/C17H13BrN4O4/c1-25-13-8-4-5-9-14(13)26-17-15(22(23)24)16(19-10-20-17)21-12-7-3-2-6-11(12)18/h2-10H,1H3,(H,19,20,21). The number of nitrogens with one attached hydrogen (secondary N) is 1. The Kier molecular flexibility index (Phi) is 5.28. The lowest BCUT2D eigenvalue weighted by molar-refractivity contribution is -0.385. The SMILES string of the molecule is COc1ccccc1Oc1ncnc(Nc2ccccc2Br)c1[N+](=O)[O-]. The first kappa shape index (κ1) is 17.6. The predicted molar refractivity (Wildman–Crippen MR) is 99.2 cm³/mol. The van der Waals surface area contributed by atoms with Crippen molar-refractivity contribution in [3.05, 3.63) is 69.4 Å². The van der Waals surface area contributed by atoms with Crippen LogP contribution < -0.4 is 14.8 Å². The number of aromatic nitrogens is 2. The van der Waals surface area contributed by atoms with Gasteiger partial charge in [0.2, 0.25) is 5.82 Å². The van der Waals surface area contributed by atoms with Crippen molar-refractivity contribution < 1.29 is 14.4 Å². The molecule has 1 heterocycles. The van der Waals surface area contributed by atoms with Gasteiger partial charge in [0.15, 0.2) is 11.5 Å². The van der Waals surface area contributed by atoms with Crippen LogP contribution in [-0.4, -0.2) is 22.0 Å². The van der Waals surface area contributed by atoms with E-state index in [1.165, 1.54) is 13.4 Å². The normalized spacial score (nSPS) is 10.2. The number of halogens is 1. The van der Waals surface area contributed by atoms with Crippen LogP contribution in [0.5, 0.6) is 17.4 Å². The molecule has 1 aromatic heterocycles. The van der Waals surface area contributed by atoms with E-state index in [9.17, 15) is 10.1 Å². The Balaban J connectivity index is 2.01. The molecule has 132 valence electrons. The van der Waals surface area contributed by atoms with Gasteiger partial charge >= 0.3 is 11.6 Å². The Bertz CT molecular complexity index is 952. The molecule has 0 saturated heterocycles. The Morgan fingerprint density at radius 3 is 2.46 bits per heavy atom. The number of methoxy groups -OCH3 is 1. The summed E-state index contributed by atoms with van der Waals surface area (Å²) < 4.78 is 11.6. The first-order valence-corrected chi connectivity index (χ1v) is 8.21. The Hall–Kier alpha value is -3.20. The number of nitrogens with zero attached hydrogens (tertiary/aromatic N) is 3. The Labute approximate surface area is 157 Å². The van der Waals surface area contributed by atoms with Gasteiger partial charge in [0, 0.05) is 4.47 Å². The number of hydrogen-bond acceptors (Lipinski definition) is 7. The highest BCUT2D eigenvalue weighted by Gasteiger charge is 2.26. The molecule has 9 heteroatoms. The Morgan fingerprint density at radius 1 is 1.08 bits per heavy atom. The third kappa shape index (κ3) is 3.72. The number of ether oxygens (including phenoxy) is 2. The summed E-state index contributed by atoms with van der Waals surface area (Å²) in [5.74, 6) is 0.565. The van der Waals surface area contributed by atoms with Gasteiger partial charge in [-0.2, -0.15) is 4.98 Å². The summed E-state index contributed by atoms with van der Waals surface area (Å²) in [6.07, 6.45) is 1.19. The van der Waals surface area contributed by atoms with E-state index in [-0.39, 0.29) is 17.4 Å². The first-order valence-electron chi connectivity index (χ1n) is 7.42. The van der Waals surface area contributed by atoms with Crippen LogP contribution >= 0.6 is 15.9 Å².